The molecule has 0 spiro atoms. The van der Waals surface area contributed by atoms with Crippen molar-refractivity contribution in [3.8, 4) is 0 Å². The molecule has 1 atom stereocenters. The van der Waals surface area contributed by atoms with Crippen LogP contribution in [0.3, 0.4) is 0 Å². The molecular formula is C10H14N2. The Kier molecular flexibility index (Phi) is 2.00. The van der Waals surface area contributed by atoms with Crippen molar-refractivity contribution in [3.05, 3.63) is 35.6 Å². The van der Waals surface area contributed by atoms with Gasteiger partial charge in [-0.2, -0.15) is 0 Å². The highest BCUT2D eigenvalue weighted by molar-refractivity contribution is 5.44. The average Bonchev–Trinajstić information content (AvgIpc) is 2.50. The molecule has 1 heterocycles. The van der Waals surface area contributed by atoms with Gasteiger partial charge in [-0.15, -0.1) is 0 Å². The fourth-order valence-corrected chi connectivity index (χ4v) is 1.77. The number of nitrogens with one attached hydrogen (secondary N) is 1. The Morgan fingerprint density at radius 1 is 1.58 bits per heavy atom. The maximum absolute atomic E-state index is 5.52. The van der Waals surface area contributed by atoms with Crippen molar-refractivity contribution in [1.29, 1.82) is 0 Å². The summed E-state index contributed by atoms with van der Waals surface area (Å²) in [6.07, 6.45) is 10.7. The van der Waals surface area contributed by atoms with Gasteiger partial charge in [-0.25, -0.2) is 0 Å². The smallest absolute Gasteiger partial charge is 0.0546 e. The van der Waals surface area contributed by atoms with Crippen LogP contribution in [0.2, 0.25) is 0 Å². The molecule has 3 N–H and O–H groups in total. The standard InChI is InChI=1S/C10H14N2/c11-6-5-8-7-12-10-4-2-1-3-9(8)10/h1-3,7,10,12H,4-6,11H2. The molecule has 0 radical (unpaired) electrons. The zero-order valence-electron chi connectivity index (χ0n) is 7.09. The van der Waals surface area contributed by atoms with Crippen LogP contribution in [0, 0.1) is 0 Å². The van der Waals surface area contributed by atoms with E-state index in [2.05, 4.69) is 29.7 Å². The molecule has 2 rings (SSSR count). The van der Waals surface area contributed by atoms with Crippen LogP contribution in [0.5, 0.6) is 0 Å². The molecule has 1 aliphatic heterocycles. The second-order valence-electron chi connectivity index (χ2n) is 3.21. The first-order valence-corrected chi connectivity index (χ1v) is 4.44. The number of allylic oxidation sites excluding steroid dienone is 2. The first kappa shape index (κ1) is 7.62. The molecular weight excluding hydrogens is 148 g/mol. The molecule has 0 amide bonds. The van der Waals surface area contributed by atoms with Crippen LogP contribution in [0.15, 0.2) is 35.6 Å². The van der Waals surface area contributed by atoms with Crippen molar-refractivity contribution in [1.82, 2.24) is 5.32 Å². The fraction of sp³-hybridized carbons (Fsp3) is 0.400. The van der Waals surface area contributed by atoms with Crippen molar-refractivity contribution >= 4 is 0 Å². The number of hydrogen-bond donors (Lipinski definition) is 2. The normalized spacial score (nSPS) is 25.9. The minimum atomic E-state index is 0.525. The van der Waals surface area contributed by atoms with Crippen molar-refractivity contribution in [2.24, 2.45) is 5.73 Å². The molecule has 64 valence electrons. The van der Waals surface area contributed by atoms with Gasteiger partial charge in [-0.05, 0) is 30.5 Å². The first-order chi connectivity index (χ1) is 5.92. The van der Waals surface area contributed by atoms with E-state index in [1.807, 2.05) is 0 Å². The van der Waals surface area contributed by atoms with E-state index in [0.29, 0.717) is 6.04 Å². The molecule has 2 aliphatic rings. The Morgan fingerprint density at radius 2 is 2.50 bits per heavy atom. The zero-order chi connectivity index (χ0) is 8.39. The summed E-state index contributed by atoms with van der Waals surface area (Å²) >= 11 is 0. The topological polar surface area (TPSA) is 38.0 Å². The maximum Gasteiger partial charge on any atom is 0.0546 e. The lowest BCUT2D eigenvalue weighted by Crippen LogP contribution is -2.21. The Balaban J connectivity index is 2.16. The lowest BCUT2D eigenvalue weighted by molar-refractivity contribution is 0.705. The second-order valence-corrected chi connectivity index (χ2v) is 3.21. The Labute approximate surface area is 72.8 Å². The molecule has 0 aromatic rings. The first-order valence-electron chi connectivity index (χ1n) is 4.44. The average molecular weight is 162 g/mol. The molecule has 0 saturated heterocycles. The number of rotatable bonds is 2. The maximum atomic E-state index is 5.52. The van der Waals surface area contributed by atoms with Gasteiger partial charge in [-0.3, -0.25) is 0 Å². The largest absolute Gasteiger partial charge is 0.384 e. The van der Waals surface area contributed by atoms with Crippen molar-refractivity contribution in [3.63, 3.8) is 0 Å². The highest BCUT2D eigenvalue weighted by atomic mass is 14.9. The third-order valence-corrected chi connectivity index (χ3v) is 2.40. The van der Waals surface area contributed by atoms with E-state index in [0.717, 1.165) is 19.4 Å². The molecule has 1 unspecified atom stereocenters. The molecule has 0 aromatic heterocycles. The predicted molar refractivity (Wildman–Crippen MR) is 50.5 cm³/mol. The van der Waals surface area contributed by atoms with E-state index in [-0.39, 0.29) is 0 Å². The number of hydrogen-bond acceptors (Lipinski definition) is 2. The minimum Gasteiger partial charge on any atom is -0.384 e. The Hall–Kier alpha value is -1.02. The summed E-state index contributed by atoms with van der Waals surface area (Å²) in [4.78, 5) is 0. The zero-order valence-corrected chi connectivity index (χ0v) is 7.09. The summed E-state index contributed by atoms with van der Waals surface area (Å²) < 4.78 is 0. The highest BCUT2D eigenvalue weighted by Crippen LogP contribution is 2.27. The summed E-state index contributed by atoms with van der Waals surface area (Å²) in [6, 6.07) is 0.525. The molecule has 0 fully saturated rings. The van der Waals surface area contributed by atoms with Gasteiger partial charge in [-0.1, -0.05) is 18.2 Å². The van der Waals surface area contributed by atoms with Gasteiger partial charge in [0.25, 0.3) is 0 Å². The summed E-state index contributed by atoms with van der Waals surface area (Å²) in [5, 5.41) is 3.36. The fourth-order valence-electron chi connectivity index (χ4n) is 1.77. The predicted octanol–water partition coefficient (Wildman–Crippen LogP) is 1.08. The lowest BCUT2D eigenvalue weighted by Gasteiger charge is -2.15. The van der Waals surface area contributed by atoms with Crippen LogP contribution in [0.1, 0.15) is 12.8 Å². The van der Waals surface area contributed by atoms with Gasteiger partial charge < -0.3 is 11.1 Å². The Bertz CT molecular complexity index is 261. The van der Waals surface area contributed by atoms with E-state index < -0.39 is 0 Å². The number of fused-ring (bicyclic) bond motifs is 1. The van der Waals surface area contributed by atoms with Gasteiger partial charge in [0, 0.05) is 6.20 Å². The second kappa shape index (κ2) is 3.15. The summed E-state index contributed by atoms with van der Waals surface area (Å²) in [6.45, 7) is 0.737. The third kappa shape index (κ3) is 1.18. The number of nitrogens with two attached hydrogens (primary N) is 1. The molecule has 0 bridgehead atoms. The molecule has 0 aromatic carbocycles. The van der Waals surface area contributed by atoms with Crippen molar-refractivity contribution < 1.29 is 0 Å². The van der Waals surface area contributed by atoms with Crippen LogP contribution in [0.4, 0.5) is 0 Å². The van der Waals surface area contributed by atoms with Crippen LogP contribution in [-0.2, 0) is 0 Å². The van der Waals surface area contributed by atoms with Crippen LogP contribution < -0.4 is 11.1 Å². The SMILES string of the molecule is NCCC1=CNC2CC=CC=C12. The quantitative estimate of drug-likeness (QED) is 0.637. The molecule has 12 heavy (non-hydrogen) atoms. The van der Waals surface area contributed by atoms with Gasteiger partial charge in [0.1, 0.15) is 0 Å². The van der Waals surface area contributed by atoms with Crippen LogP contribution in [0.25, 0.3) is 0 Å². The van der Waals surface area contributed by atoms with Crippen LogP contribution >= 0.6 is 0 Å². The van der Waals surface area contributed by atoms with E-state index in [9.17, 15) is 0 Å². The molecule has 2 nitrogen and oxygen atoms in total. The van der Waals surface area contributed by atoms with Gasteiger partial charge in [0.2, 0.25) is 0 Å². The van der Waals surface area contributed by atoms with E-state index >= 15 is 0 Å². The minimum absolute atomic E-state index is 0.525. The summed E-state index contributed by atoms with van der Waals surface area (Å²) in [7, 11) is 0. The van der Waals surface area contributed by atoms with Gasteiger partial charge in [0.15, 0.2) is 0 Å². The molecule has 0 saturated carbocycles. The van der Waals surface area contributed by atoms with Crippen molar-refractivity contribution in [2.45, 2.75) is 18.9 Å². The molecule has 1 aliphatic carbocycles. The monoisotopic (exact) mass is 162 g/mol. The van der Waals surface area contributed by atoms with E-state index in [1.54, 1.807) is 0 Å². The van der Waals surface area contributed by atoms with Gasteiger partial charge >= 0.3 is 0 Å². The van der Waals surface area contributed by atoms with Crippen LogP contribution in [-0.4, -0.2) is 12.6 Å². The highest BCUT2D eigenvalue weighted by Gasteiger charge is 2.21. The van der Waals surface area contributed by atoms with Gasteiger partial charge in [0.05, 0.1) is 6.04 Å². The van der Waals surface area contributed by atoms with E-state index in [4.69, 9.17) is 5.73 Å². The summed E-state index contributed by atoms with van der Waals surface area (Å²) in [5.74, 6) is 0. The van der Waals surface area contributed by atoms with E-state index in [1.165, 1.54) is 11.1 Å². The van der Waals surface area contributed by atoms with Crippen molar-refractivity contribution in [2.75, 3.05) is 6.54 Å². The third-order valence-electron chi connectivity index (χ3n) is 2.40. The lowest BCUT2D eigenvalue weighted by atomic mass is 9.94. The molecule has 2 heteroatoms. The Morgan fingerprint density at radius 3 is 3.33 bits per heavy atom. The summed E-state index contributed by atoms with van der Waals surface area (Å²) in [5.41, 5.74) is 8.33.